The first-order valence-electron chi connectivity index (χ1n) is 7.91. The Labute approximate surface area is 156 Å². The molecule has 25 heavy (non-hydrogen) atoms. The Bertz CT molecular complexity index is 1170. The highest BCUT2D eigenvalue weighted by molar-refractivity contribution is 9.10. The molecule has 0 saturated carbocycles. The number of fused-ring (bicyclic) bond motifs is 2. The molecule has 0 amide bonds. The second-order valence-electron chi connectivity index (χ2n) is 5.77. The summed E-state index contributed by atoms with van der Waals surface area (Å²) in [5.41, 5.74) is 3.92. The van der Waals surface area contributed by atoms with Crippen molar-refractivity contribution in [2.45, 2.75) is 20.3 Å². The maximum absolute atomic E-state index is 12.7. The van der Waals surface area contributed by atoms with Crippen LogP contribution in [-0.2, 0) is 6.42 Å². The van der Waals surface area contributed by atoms with Gasteiger partial charge in [0.2, 0.25) is 10.1 Å². The number of para-hydroxylation sites is 1. The summed E-state index contributed by atoms with van der Waals surface area (Å²) in [6, 6.07) is 11.7. The highest BCUT2D eigenvalue weighted by atomic mass is 79.9. The maximum Gasteiger partial charge on any atom is 0.283 e. The number of nitrogens with zero attached hydrogens (tertiary/aromatic N) is 3. The van der Waals surface area contributed by atoms with Crippen molar-refractivity contribution in [1.82, 2.24) is 14.6 Å². The molecule has 126 valence electrons. The van der Waals surface area contributed by atoms with Gasteiger partial charge in [0.05, 0.1) is 10.9 Å². The van der Waals surface area contributed by atoms with E-state index >= 15 is 0 Å². The van der Waals surface area contributed by atoms with Crippen molar-refractivity contribution in [3.05, 3.63) is 62.4 Å². The number of halogens is 1. The molecule has 0 atom stereocenters. The summed E-state index contributed by atoms with van der Waals surface area (Å²) in [5, 5.41) is 9.02. The molecule has 0 radical (unpaired) electrons. The highest BCUT2D eigenvalue weighted by Gasteiger charge is 2.13. The van der Waals surface area contributed by atoms with Gasteiger partial charge in [0.25, 0.3) is 5.56 Å². The van der Waals surface area contributed by atoms with E-state index in [1.165, 1.54) is 21.4 Å². The molecule has 0 aliphatic rings. The highest BCUT2D eigenvalue weighted by Crippen LogP contribution is 2.28. The topological polar surface area (TPSA) is 59.3 Å². The minimum Gasteiger partial charge on any atom is -0.330 e. The zero-order chi connectivity index (χ0) is 17.6. The number of rotatable bonds is 3. The van der Waals surface area contributed by atoms with Crippen LogP contribution in [0.15, 0.2) is 45.7 Å². The Morgan fingerprint density at radius 3 is 2.92 bits per heavy atom. The number of benzene rings is 2. The van der Waals surface area contributed by atoms with Gasteiger partial charge >= 0.3 is 0 Å². The molecule has 0 bridgehead atoms. The molecule has 1 N–H and O–H groups in total. The van der Waals surface area contributed by atoms with E-state index < -0.39 is 0 Å². The zero-order valence-electron chi connectivity index (χ0n) is 13.7. The summed E-state index contributed by atoms with van der Waals surface area (Å²) in [4.78, 5) is 17.9. The average Bonchev–Trinajstić information content (AvgIpc) is 3.00. The van der Waals surface area contributed by atoms with E-state index in [0.717, 1.165) is 22.1 Å². The Balaban J connectivity index is 1.86. The number of aryl methyl sites for hydroxylation is 2. The van der Waals surface area contributed by atoms with E-state index in [2.05, 4.69) is 57.3 Å². The molecular formula is C18H15BrN4OS. The monoisotopic (exact) mass is 414 g/mol. The Morgan fingerprint density at radius 2 is 2.12 bits per heavy atom. The third-order valence-electron chi connectivity index (χ3n) is 4.13. The summed E-state index contributed by atoms with van der Waals surface area (Å²) < 4.78 is 2.21. The Kier molecular flexibility index (Phi) is 4.05. The quantitative estimate of drug-likeness (QED) is 0.528. The van der Waals surface area contributed by atoms with Crippen LogP contribution in [0.5, 0.6) is 0 Å². The van der Waals surface area contributed by atoms with Crippen molar-refractivity contribution >= 4 is 53.9 Å². The van der Waals surface area contributed by atoms with Crippen LogP contribution in [0.3, 0.4) is 0 Å². The average molecular weight is 415 g/mol. The van der Waals surface area contributed by atoms with Crippen molar-refractivity contribution in [3.8, 4) is 0 Å². The van der Waals surface area contributed by atoms with Crippen molar-refractivity contribution in [3.63, 3.8) is 0 Å². The van der Waals surface area contributed by atoms with Gasteiger partial charge in [0.15, 0.2) is 0 Å². The number of aromatic nitrogens is 3. The number of hydrogen-bond donors (Lipinski definition) is 1. The first-order chi connectivity index (χ1) is 12.1. The van der Waals surface area contributed by atoms with Crippen molar-refractivity contribution < 1.29 is 0 Å². The van der Waals surface area contributed by atoms with Crippen molar-refractivity contribution in [2.75, 3.05) is 5.32 Å². The maximum atomic E-state index is 12.7. The largest absolute Gasteiger partial charge is 0.330 e. The first-order valence-corrected chi connectivity index (χ1v) is 9.52. The molecule has 2 aromatic heterocycles. The van der Waals surface area contributed by atoms with Gasteiger partial charge in [-0.05, 0) is 42.7 Å². The van der Waals surface area contributed by atoms with Gasteiger partial charge in [0.1, 0.15) is 0 Å². The van der Waals surface area contributed by atoms with Crippen molar-refractivity contribution in [2.24, 2.45) is 0 Å². The SMILES string of the molecule is CCc1cccc(C)c1Nc1nn2c(=O)c3cc(Br)ccc3nc2s1. The summed E-state index contributed by atoms with van der Waals surface area (Å²) in [6.45, 7) is 4.18. The van der Waals surface area contributed by atoms with Gasteiger partial charge in [-0.15, -0.1) is 5.10 Å². The number of nitrogens with one attached hydrogen (secondary N) is 1. The van der Waals surface area contributed by atoms with Crippen LogP contribution < -0.4 is 10.9 Å². The van der Waals surface area contributed by atoms with E-state index in [-0.39, 0.29) is 5.56 Å². The smallest absolute Gasteiger partial charge is 0.283 e. The fraction of sp³-hybridized carbons (Fsp3) is 0.167. The summed E-state index contributed by atoms with van der Waals surface area (Å²) >= 11 is 4.77. The van der Waals surface area contributed by atoms with Crippen LogP contribution in [0.4, 0.5) is 10.8 Å². The van der Waals surface area contributed by atoms with E-state index in [9.17, 15) is 4.79 Å². The molecule has 4 rings (SSSR count). The third kappa shape index (κ3) is 2.83. The predicted octanol–water partition coefficient (Wildman–Crippen LogP) is 4.68. The summed E-state index contributed by atoms with van der Waals surface area (Å²) in [7, 11) is 0. The summed E-state index contributed by atoms with van der Waals surface area (Å²) in [6.07, 6.45) is 0.922. The number of anilines is 2. The zero-order valence-corrected chi connectivity index (χ0v) is 16.1. The minimum absolute atomic E-state index is 0.161. The Hall–Kier alpha value is -2.25. The van der Waals surface area contributed by atoms with Crippen LogP contribution in [0.1, 0.15) is 18.1 Å². The lowest BCUT2D eigenvalue weighted by molar-refractivity contribution is 0.919. The first kappa shape index (κ1) is 16.2. The van der Waals surface area contributed by atoms with Crippen LogP contribution in [0.2, 0.25) is 0 Å². The molecule has 0 aliphatic carbocycles. The van der Waals surface area contributed by atoms with Crippen LogP contribution in [0, 0.1) is 6.92 Å². The van der Waals surface area contributed by atoms with Crippen LogP contribution >= 0.6 is 27.3 Å². The lowest BCUT2D eigenvalue weighted by Gasteiger charge is -2.11. The standard InChI is InChI=1S/C18H15BrN4OS/c1-3-11-6-4-5-10(2)15(11)21-17-22-23-16(24)13-9-12(19)7-8-14(13)20-18(23)25-17/h4-9H,3H2,1-2H3,(H,21,22). The molecule has 0 unspecified atom stereocenters. The van der Waals surface area contributed by atoms with Gasteiger partial charge in [-0.2, -0.15) is 4.52 Å². The minimum atomic E-state index is -0.161. The molecule has 2 aromatic carbocycles. The van der Waals surface area contributed by atoms with E-state index in [0.29, 0.717) is 21.0 Å². The van der Waals surface area contributed by atoms with E-state index in [4.69, 9.17) is 0 Å². The van der Waals surface area contributed by atoms with Gasteiger partial charge < -0.3 is 5.32 Å². The third-order valence-corrected chi connectivity index (χ3v) is 5.45. The second kappa shape index (κ2) is 6.24. The molecular weight excluding hydrogens is 400 g/mol. The Morgan fingerprint density at radius 1 is 1.28 bits per heavy atom. The predicted molar refractivity (Wildman–Crippen MR) is 106 cm³/mol. The molecule has 0 spiro atoms. The second-order valence-corrected chi connectivity index (χ2v) is 7.64. The molecule has 0 saturated heterocycles. The molecule has 0 fully saturated rings. The molecule has 0 aliphatic heterocycles. The van der Waals surface area contributed by atoms with Crippen LogP contribution in [-0.4, -0.2) is 14.6 Å². The summed E-state index contributed by atoms with van der Waals surface area (Å²) in [5.74, 6) is 0. The van der Waals surface area contributed by atoms with Gasteiger partial charge in [0, 0.05) is 10.2 Å². The lowest BCUT2D eigenvalue weighted by Crippen LogP contribution is -2.15. The van der Waals surface area contributed by atoms with Gasteiger partial charge in [-0.3, -0.25) is 4.79 Å². The number of hydrogen-bond acceptors (Lipinski definition) is 5. The van der Waals surface area contributed by atoms with Gasteiger partial charge in [-0.1, -0.05) is 52.4 Å². The van der Waals surface area contributed by atoms with Crippen LogP contribution in [0.25, 0.3) is 15.9 Å². The molecule has 7 heteroatoms. The van der Waals surface area contributed by atoms with E-state index in [1.807, 2.05) is 18.2 Å². The van der Waals surface area contributed by atoms with E-state index in [1.54, 1.807) is 6.07 Å². The molecule has 4 aromatic rings. The lowest BCUT2D eigenvalue weighted by atomic mass is 10.1. The molecule has 2 heterocycles. The van der Waals surface area contributed by atoms with Gasteiger partial charge in [-0.25, -0.2) is 4.98 Å². The normalized spacial score (nSPS) is 11.3. The fourth-order valence-electron chi connectivity index (χ4n) is 2.84. The fourth-order valence-corrected chi connectivity index (χ4v) is 4.00. The van der Waals surface area contributed by atoms with Crippen molar-refractivity contribution in [1.29, 1.82) is 0 Å². The molecule has 5 nitrogen and oxygen atoms in total.